The van der Waals surface area contributed by atoms with Gasteiger partial charge in [-0.2, -0.15) is 13.2 Å². The summed E-state index contributed by atoms with van der Waals surface area (Å²) in [4.78, 5) is -0.0105. The van der Waals surface area contributed by atoms with Gasteiger partial charge in [-0.05, 0) is 47.2 Å². The Hall–Kier alpha value is -2.13. The fourth-order valence-corrected chi connectivity index (χ4v) is 4.13. The van der Waals surface area contributed by atoms with Gasteiger partial charge in [0.25, 0.3) is 0 Å². The van der Waals surface area contributed by atoms with E-state index in [1.165, 1.54) is 12.1 Å². The van der Waals surface area contributed by atoms with Crippen LogP contribution in [0.15, 0.2) is 47.4 Å². The first kappa shape index (κ1) is 20.6. The first-order valence-corrected chi connectivity index (χ1v) is 9.99. The maximum Gasteiger partial charge on any atom is 0.420 e. The van der Waals surface area contributed by atoms with E-state index in [0.29, 0.717) is 6.07 Å². The Morgan fingerprint density at radius 2 is 1.71 bits per heavy atom. The van der Waals surface area contributed by atoms with Crippen molar-refractivity contribution in [2.45, 2.75) is 30.8 Å². The lowest BCUT2D eigenvalue weighted by Gasteiger charge is -2.14. The summed E-state index contributed by atoms with van der Waals surface area (Å²) in [5.41, 5.74) is -0.553. The van der Waals surface area contributed by atoms with Gasteiger partial charge in [-0.15, -0.1) is 0 Å². The van der Waals surface area contributed by atoms with Crippen LogP contribution in [0.2, 0.25) is 0 Å². The quantitative estimate of drug-likeness (QED) is 0.737. The molecule has 0 radical (unpaired) electrons. The number of rotatable bonds is 5. The normalized spacial score (nSPS) is 21.4. The number of sulfonamides is 1. The van der Waals surface area contributed by atoms with E-state index >= 15 is 0 Å². The first-order valence-electron chi connectivity index (χ1n) is 8.44. The molecule has 0 amide bonds. The van der Waals surface area contributed by atoms with E-state index in [4.69, 9.17) is 9.88 Å². The lowest BCUT2D eigenvalue weighted by molar-refractivity contribution is -0.139. The zero-order chi connectivity index (χ0) is 20.9. The Morgan fingerprint density at radius 3 is 2.25 bits per heavy atom. The van der Waals surface area contributed by atoms with Crippen molar-refractivity contribution in [3.8, 4) is 5.75 Å². The highest BCUT2D eigenvalue weighted by molar-refractivity contribution is 7.89. The van der Waals surface area contributed by atoms with E-state index in [-0.39, 0.29) is 28.8 Å². The van der Waals surface area contributed by atoms with Crippen molar-refractivity contribution < 1.29 is 30.7 Å². The van der Waals surface area contributed by atoms with Crippen molar-refractivity contribution in [1.29, 1.82) is 0 Å². The van der Waals surface area contributed by atoms with Gasteiger partial charge in [0, 0.05) is 5.92 Å². The molecule has 2 aromatic carbocycles. The minimum absolute atomic E-state index is 0.0105. The van der Waals surface area contributed by atoms with Crippen LogP contribution in [0.4, 0.5) is 17.6 Å². The Labute approximate surface area is 160 Å². The molecule has 1 aliphatic rings. The van der Waals surface area contributed by atoms with Crippen LogP contribution in [0.5, 0.6) is 5.75 Å². The van der Waals surface area contributed by atoms with E-state index < -0.39 is 33.3 Å². The summed E-state index contributed by atoms with van der Waals surface area (Å²) in [6, 6.07) is 8.40. The van der Waals surface area contributed by atoms with Crippen LogP contribution in [0, 0.1) is 17.2 Å². The third-order valence-corrected chi connectivity index (χ3v) is 6.21. The van der Waals surface area contributed by atoms with E-state index in [1.807, 2.05) is 13.8 Å². The highest BCUT2D eigenvalue weighted by Crippen LogP contribution is 2.64. The molecule has 0 saturated heterocycles. The van der Waals surface area contributed by atoms with E-state index in [2.05, 4.69) is 0 Å². The van der Waals surface area contributed by atoms with E-state index in [0.717, 1.165) is 17.7 Å². The fourth-order valence-electron chi connectivity index (χ4n) is 3.61. The minimum atomic E-state index is -4.72. The van der Waals surface area contributed by atoms with Crippen molar-refractivity contribution in [3.05, 3.63) is 59.4 Å². The standard InChI is InChI=1S/C19H19F4NO3S/c1-18(2)15(17(18)11-3-6-13(7-4-11)28(24,25)26)10-27-16-8-5-12(20)9-14(16)19(21,22)23/h3-9,15,17H,10H2,1-2H3,(H2,24,25,26)/t15?,17-/m0/s1. The van der Waals surface area contributed by atoms with Gasteiger partial charge in [0.15, 0.2) is 0 Å². The molecule has 0 spiro atoms. The minimum Gasteiger partial charge on any atom is -0.493 e. The maximum atomic E-state index is 13.2. The SMILES string of the molecule is CC1(C)C(COc2ccc(F)cc2C(F)(F)F)[C@@H]1c1ccc(S(N)(=O)=O)cc1. The topological polar surface area (TPSA) is 69.4 Å². The van der Waals surface area contributed by atoms with Crippen LogP contribution in [-0.4, -0.2) is 15.0 Å². The molecule has 4 nitrogen and oxygen atoms in total. The van der Waals surface area contributed by atoms with Crippen LogP contribution in [0.1, 0.15) is 30.9 Å². The highest BCUT2D eigenvalue weighted by Gasteiger charge is 2.58. The molecule has 0 aromatic heterocycles. The molecule has 2 atom stereocenters. The van der Waals surface area contributed by atoms with Gasteiger partial charge in [-0.25, -0.2) is 17.9 Å². The van der Waals surface area contributed by atoms with Crippen molar-refractivity contribution >= 4 is 10.0 Å². The molecule has 2 N–H and O–H groups in total. The van der Waals surface area contributed by atoms with Crippen molar-refractivity contribution in [1.82, 2.24) is 0 Å². The summed E-state index contributed by atoms with van der Waals surface area (Å²) in [7, 11) is -3.80. The predicted molar refractivity (Wildman–Crippen MR) is 94.7 cm³/mol. The molecule has 28 heavy (non-hydrogen) atoms. The monoisotopic (exact) mass is 417 g/mol. The third-order valence-electron chi connectivity index (χ3n) is 5.28. The van der Waals surface area contributed by atoms with Crippen molar-refractivity contribution in [2.75, 3.05) is 6.61 Å². The van der Waals surface area contributed by atoms with Gasteiger partial charge >= 0.3 is 6.18 Å². The smallest absolute Gasteiger partial charge is 0.420 e. The van der Waals surface area contributed by atoms with Crippen LogP contribution in [0.25, 0.3) is 0 Å². The Morgan fingerprint density at radius 1 is 1.11 bits per heavy atom. The molecule has 1 unspecified atom stereocenters. The number of hydrogen-bond donors (Lipinski definition) is 1. The molecule has 1 saturated carbocycles. The molecule has 1 fully saturated rings. The van der Waals surface area contributed by atoms with Crippen LogP contribution in [0.3, 0.4) is 0 Å². The molecule has 3 rings (SSSR count). The molecule has 152 valence electrons. The number of nitrogens with two attached hydrogens (primary N) is 1. The number of alkyl halides is 3. The zero-order valence-corrected chi connectivity index (χ0v) is 15.9. The van der Waals surface area contributed by atoms with Crippen molar-refractivity contribution in [2.24, 2.45) is 16.5 Å². The molecular formula is C19H19F4NO3S. The van der Waals surface area contributed by atoms with Crippen LogP contribution >= 0.6 is 0 Å². The lowest BCUT2D eigenvalue weighted by Crippen LogP contribution is -2.12. The molecular weight excluding hydrogens is 398 g/mol. The van der Waals surface area contributed by atoms with Gasteiger partial charge in [-0.1, -0.05) is 26.0 Å². The molecule has 9 heteroatoms. The Kier molecular flexibility index (Phi) is 4.95. The first-order chi connectivity index (χ1) is 12.8. The summed E-state index contributed by atoms with van der Waals surface area (Å²) in [5.74, 6) is -1.50. The van der Waals surface area contributed by atoms with Crippen LogP contribution in [-0.2, 0) is 16.2 Å². The van der Waals surface area contributed by atoms with Gasteiger partial charge in [-0.3, -0.25) is 0 Å². The largest absolute Gasteiger partial charge is 0.493 e. The van der Waals surface area contributed by atoms with Crippen LogP contribution < -0.4 is 9.88 Å². The number of halogens is 4. The third kappa shape index (κ3) is 4.00. The average molecular weight is 417 g/mol. The highest BCUT2D eigenvalue weighted by atomic mass is 32.2. The van der Waals surface area contributed by atoms with Gasteiger partial charge in [0.1, 0.15) is 17.1 Å². The number of hydrogen-bond acceptors (Lipinski definition) is 3. The predicted octanol–water partition coefficient (Wildman–Crippen LogP) is 4.31. The van der Waals surface area contributed by atoms with Crippen molar-refractivity contribution in [3.63, 3.8) is 0 Å². The summed E-state index contributed by atoms with van der Waals surface area (Å²) in [6.45, 7) is 3.92. The lowest BCUT2D eigenvalue weighted by atomic mass is 10.0. The Balaban J connectivity index is 1.76. The van der Waals surface area contributed by atoms with E-state index in [9.17, 15) is 26.0 Å². The summed E-state index contributed by atoms with van der Waals surface area (Å²) in [6.07, 6.45) is -4.72. The molecule has 1 aliphatic carbocycles. The second-order valence-electron chi connectivity index (χ2n) is 7.47. The van der Waals surface area contributed by atoms with Gasteiger partial charge in [0.2, 0.25) is 10.0 Å². The second kappa shape index (κ2) is 6.73. The number of ether oxygens (including phenoxy) is 1. The Bertz CT molecular complexity index is 985. The zero-order valence-electron chi connectivity index (χ0n) is 15.1. The summed E-state index contributed by atoms with van der Waals surface area (Å²) in [5, 5.41) is 5.08. The van der Waals surface area contributed by atoms with Gasteiger partial charge in [0.05, 0.1) is 11.5 Å². The number of primary sulfonamides is 1. The summed E-state index contributed by atoms with van der Waals surface area (Å²) >= 11 is 0. The molecule has 0 heterocycles. The fraction of sp³-hybridized carbons (Fsp3) is 0.368. The maximum absolute atomic E-state index is 13.2. The van der Waals surface area contributed by atoms with Gasteiger partial charge < -0.3 is 4.74 Å². The van der Waals surface area contributed by atoms with E-state index in [1.54, 1.807) is 12.1 Å². The second-order valence-corrected chi connectivity index (χ2v) is 9.03. The number of benzene rings is 2. The molecule has 0 bridgehead atoms. The summed E-state index contributed by atoms with van der Waals surface area (Å²) < 4.78 is 80.6. The molecule has 2 aromatic rings. The molecule has 0 aliphatic heterocycles. The average Bonchev–Trinajstić information content (AvgIpc) is 3.13.